The van der Waals surface area contributed by atoms with Crippen molar-refractivity contribution in [2.75, 3.05) is 26.7 Å². The highest BCUT2D eigenvalue weighted by atomic mass is 32.1. The number of aryl methyl sites for hydroxylation is 1. The Morgan fingerprint density at radius 3 is 2.96 bits per heavy atom. The van der Waals surface area contributed by atoms with Crippen molar-refractivity contribution in [1.29, 1.82) is 0 Å². The Kier molecular flexibility index (Phi) is 5.12. The van der Waals surface area contributed by atoms with Gasteiger partial charge in [-0.05, 0) is 25.0 Å². The van der Waals surface area contributed by atoms with E-state index in [0.29, 0.717) is 18.1 Å². The van der Waals surface area contributed by atoms with Crippen molar-refractivity contribution < 1.29 is 4.74 Å². The largest absolute Gasteiger partial charge is 0.381 e. The summed E-state index contributed by atoms with van der Waals surface area (Å²) in [5.74, 6) is 0.587. The maximum atomic E-state index is 5.84. The fourth-order valence-corrected chi connectivity index (χ4v) is 5.15. The lowest BCUT2D eigenvalue weighted by atomic mass is 9.89. The van der Waals surface area contributed by atoms with E-state index in [1.807, 2.05) is 31.1 Å². The number of aromatic nitrogens is 2. The number of likely N-dealkylation sites (tertiary alicyclic amines) is 2. The maximum absolute atomic E-state index is 5.84. The van der Waals surface area contributed by atoms with Gasteiger partial charge in [0, 0.05) is 69.1 Å². The lowest BCUT2D eigenvalue weighted by molar-refractivity contribution is -0.0242. The molecule has 0 N–H and O–H groups in total. The van der Waals surface area contributed by atoms with Crippen LogP contribution in [0.5, 0.6) is 0 Å². The second-order valence-electron chi connectivity index (χ2n) is 7.18. The lowest BCUT2D eigenvalue weighted by Gasteiger charge is -2.41. The van der Waals surface area contributed by atoms with Crippen molar-refractivity contribution in [2.45, 2.75) is 38.6 Å². The third kappa shape index (κ3) is 3.62. The van der Waals surface area contributed by atoms with Crippen molar-refractivity contribution in [3.63, 3.8) is 0 Å². The first-order valence-corrected chi connectivity index (χ1v) is 9.89. The van der Waals surface area contributed by atoms with Crippen LogP contribution in [0.2, 0.25) is 0 Å². The summed E-state index contributed by atoms with van der Waals surface area (Å²) in [6.07, 6.45) is 5.32. The van der Waals surface area contributed by atoms with Gasteiger partial charge in [-0.3, -0.25) is 14.8 Å². The van der Waals surface area contributed by atoms with Gasteiger partial charge in [-0.15, -0.1) is 11.3 Å². The van der Waals surface area contributed by atoms with Crippen molar-refractivity contribution in [2.24, 2.45) is 5.92 Å². The van der Waals surface area contributed by atoms with Crippen LogP contribution in [-0.4, -0.2) is 58.7 Å². The molecule has 0 aromatic carbocycles. The highest BCUT2D eigenvalue weighted by Crippen LogP contribution is 2.34. The molecule has 2 aliphatic rings. The molecule has 0 radical (unpaired) electrons. The molecular formula is C19H26N4OS. The predicted molar refractivity (Wildman–Crippen MR) is 99.5 cm³/mol. The maximum Gasteiger partial charge on any atom is 0.0798 e. The number of methoxy groups -OCH3 is 1. The zero-order valence-corrected chi connectivity index (χ0v) is 15.8. The van der Waals surface area contributed by atoms with Crippen LogP contribution in [0.1, 0.15) is 22.6 Å². The smallest absolute Gasteiger partial charge is 0.0798 e. The molecule has 2 saturated heterocycles. The third-order valence-corrected chi connectivity index (χ3v) is 6.60. The van der Waals surface area contributed by atoms with Crippen molar-refractivity contribution in [3.05, 3.63) is 46.2 Å². The minimum Gasteiger partial charge on any atom is -0.381 e. The molecule has 2 aromatic heterocycles. The Morgan fingerprint density at radius 1 is 1.32 bits per heavy atom. The summed E-state index contributed by atoms with van der Waals surface area (Å²) >= 11 is 1.78. The van der Waals surface area contributed by atoms with Gasteiger partial charge < -0.3 is 4.74 Å². The topological polar surface area (TPSA) is 41.5 Å². The molecule has 25 heavy (non-hydrogen) atoms. The Hall–Kier alpha value is -1.34. The lowest BCUT2D eigenvalue weighted by Crippen LogP contribution is -2.50. The van der Waals surface area contributed by atoms with Crippen LogP contribution in [0.25, 0.3) is 0 Å². The summed E-state index contributed by atoms with van der Waals surface area (Å²) in [4.78, 5) is 15.3. The average Bonchev–Trinajstić information content (AvgIpc) is 3.23. The van der Waals surface area contributed by atoms with Gasteiger partial charge in [0.1, 0.15) is 0 Å². The summed E-state index contributed by atoms with van der Waals surface area (Å²) in [5, 5.41) is 0. The van der Waals surface area contributed by atoms with E-state index in [-0.39, 0.29) is 0 Å². The molecule has 0 unspecified atom stereocenters. The minimum atomic E-state index is 0.378. The van der Waals surface area contributed by atoms with Crippen molar-refractivity contribution in [3.8, 4) is 0 Å². The quantitative estimate of drug-likeness (QED) is 0.822. The van der Waals surface area contributed by atoms with E-state index in [0.717, 1.165) is 39.1 Å². The number of piperidine rings is 1. The van der Waals surface area contributed by atoms with Crippen LogP contribution >= 0.6 is 11.3 Å². The van der Waals surface area contributed by atoms with E-state index >= 15 is 0 Å². The Labute approximate surface area is 153 Å². The number of hydrogen-bond acceptors (Lipinski definition) is 6. The zero-order chi connectivity index (χ0) is 17.2. The summed E-state index contributed by atoms with van der Waals surface area (Å²) < 4.78 is 5.84. The molecule has 2 fully saturated rings. The van der Waals surface area contributed by atoms with E-state index in [2.05, 4.69) is 32.8 Å². The predicted octanol–water partition coefficient (Wildman–Crippen LogP) is 2.57. The fraction of sp³-hybridized carbons (Fsp3) is 0.579. The molecule has 4 heterocycles. The number of rotatable bonds is 5. The highest BCUT2D eigenvalue weighted by Gasteiger charge is 2.44. The second kappa shape index (κ2) is 7.50. The van der Waals surface area contributed by atoms with Gasteiger partial charge in [-0.1, -0.05) is 6.07 Å². The highest BCUT2D eigenvalue weighted by molar-refractivity contribution is 7.09. The Balaban J connectivity index is 1.48. The van der Waals surface area contributed by atoms with Gasteiger partial charge in [0.2, 0.25) is 0 Å². The summed E-state index contributed by atoms with van der Waals surface area (Å²) in [6.45, 7) is 7.44. The Bertz CT molecular complexity index is 692. The summed E-state index contributed by atoms with van der Waals surface area (Å²) in [7, 11) is 1.87. The van der Waals surface area contributed by atoms with Gasteiger partial charge in [0.05, 0.1) is 17.3 Å². The number of pyridine rings is 1. The van der Waals surface area contributed by atoms with E-state index in [9.17, 15) is 0 Å². The van der Waals surface area contributed by atoms with Gasteiger partial charge in [0.15, 0.2) is 0 Å². The summed E-state index contributed by atoms with van der Waals surface area (Å²) in [5.41, 5.74) is 4.44. The normalized spacial score (nSPS) is 27.5. The van der Waals surface area contributed by atoms with Crippen molar-refractivity contribution >= 4 is 11.3 Å². The van der Waals surface area contributed by atoms with E-state index in [1.54, 1.807) is 11.3 Å². The first-order chi connectivity index (χ1) is 12.2. The standard InChI is InChI=1S/C19H26N4OS/c1-14-19(25-13-21-14)12-23-7-5-18(24-2)16-10-22(11-17(16)23)9-15-4-3-6-20-8-15/h3-4,6,8,13,16-18H,5,7,9-12H2,1-2H3/t16-,17+,18+/m0/s1. The molecule has 6 heteroatoms. The van der Waals surface area contributed by atoms with Crippen LogP contribution in [0.15, 0.2) is 30.0 Å². The molecule has 3 atom stereocenters. The third-order valence-electron chi connectivity index (χ3n) is 5.68. The first-order valence-electron chi connectivity index (χ1n) is 9.01. The van der Waals surface area contributed by atoms with Gasteiger partial charge >= 0.3 is 0 Å². The van der Waals surface area contributed by atoms with E-state index in [1.165, 1.54) is 16.1 Å². The zero-order valence-electron chi connectivity index (χ0n) is 15.0. The van der Waals surface area contributed by atoms with Gasteiger partial charge in [-0.2, -0.15) is 0 Å². The first kappa shape index (κ1) is 17.1. The van der Waals surface area contributed by atoms with Crippen LogP contribution in [0.3, 0.4) is 0 Å². The molecular weight excluding hydrogens is 332 g/mol. The molecule has 4 rings (SSSR count). The van der Waals surface area contributed by atoms with E-state index in [4.69, 9.17) is 4.74 Å². The molecule has 0 saturated carbocycles. The van der Waals surface area contributed by atoms with Crippen LogP contribution in [0.4, 0.5) is 0 Å². The second-order valence-corrected chi connectivity index (χ2v) is 8.12. The number of hydrogen-bond donors (Lipinski definition) is 0. The minimum absolute atomic E-state index is 0.378. The number of thiazole rings is 1. The molecule has 0 aliphatic carbocycles. The van der Waals surface area contributed by atoms with Crippen LogP contribution in [-0.2, 0) is 17.8 Å². The molecule has 0 bridgehead atoms. The van der Waals surface area contributed by atoms with Crippen LogP contribution in [0, 0.1) is 12.8 Å². The molecule has 2 aromatic rings. The van der Waals surface area contributed by atoms with Gasteiger partial charge in [-0.25, -0.2) is 4.98 Å². The van der Waals surface area contributed by atoms with E-state index < -0.39 is 0 Å². The van der Waals surface area contributed by atoms with Crippen LogP contribution < -0.4 is 0 Å². The van der Waals surface area contributed by atoms with Gasteiger partial charge in [0.25, 0.3) is 0 Å². The molecule has 0 spiro atoms. The average molecular weight is 359 g/mol. The summed E-state index contributed by atoms with van der Waals surface area (Å²) in [6, 6.07) is 4.76. The molecule has 0 amide bonds. The number of fused-ring (bicyclic) bond motifs is 1. The Morgan fingerprint density at radius 2 is 2.24 bits per heavy atom. The fourth-order valence-electron chi connectivity index (χ4n) is 4.35. The molecule has 5 nitrogen and oxygen atoms in total. The number of nitrogens with zero attached hydrogens (tertiary/aromatic N) is 4. The van der Waals surface area contributed by atoms with Crippen molar-refractivity contribution in [1.82, 2.24) is 19.8 Å². The monoisotopic (exact) mass is 358 g/mol. The molecule has 2 aliphatic heterocycles. The number of ether oxygens (including phenoxy) is 1. The SMILES string of the molecule is CO[C@@H]1CCN(Cc2scnc2C)[C@@H]2CN(Cc3cccnc3)C[C@@H]21. The molecule has 134 valence electrons.